The summed E-state index contributed by atoms with van der Waals surface area (Å²) in [6.07, 6.45) is -5.41. The van der Waals surface area contributed by atoms with Gasteiger partial charge in [0.05, 0.1) is 0 Å². The number of hydrogen-bond donors (Lipinski definition) is 2. The van der Waals surface area contributed by atoms with Crippen LogP contribution in [0.1, 0.15) is 5.82 Å². The zero-order valence-corrected chi connectivity index (χ0v) is 7.91. The zero-order valence-electron chi connectivity index (χ0n) is 7.91. The van der Waals surface area contributed by atoms with Crippen molar-refractivity contribution in [2.45, 2.75) is 12.6 Å². The van der Waals surface area contributed by atoms with Gasteiger partial charge in [-0.3, -0.25) is 0 Å². The number of nitrogens with one attached hydrogen (secondary N) is 2. The minimum atomic E-state index is -4.52. The highest BCUT2D eigenvalue weighted by Gasteiger charge is 2.29. The molecule has 1 rings (SSSR count). The average molecular weight is 239 g/mol. The first kappa shape index (κ1) is 12.2. The number of aromatic amines is 1. The van der Waals surface area contributed by atoms with Crippen LogP contribution in [0.5, 0.6) is 0 Å². The van der Waals surface area contributed by atoms with Gasteiger partial charge in [0.1, 0.15) is 0 Å². The molecule has 0 aliphatic heterocycles. The van der Waals surface area contributed by atoms with Gasteiger partial charge in [0.25, 0.3) is 0 Å². The molecule has 2 N–H and O–H groups in total. The summed E-state index contributed by atoms with van der Waals surface area (Å²) < 4.78 is 38.8. The largest absolute Gasteiger partial charge is 0.440 e. The number of H-pyrrole nitrogens is 1. The number of tetrazole rings is 1. The number of alkyl carbamates (subject to hydrolysis) is 1. The number of nitrogens with zero attached hydrogens (tertiary/aromatic N) is 3. The van der Waals surface area contributed by atoms with Crippen molar-refractivity contribution in [1.82, 2.24) is 25.9 Å². The lowest BCUT2D eigenvalue weighted by molar-refractivity contribution is -0.160. The Bertz CT molecular complexity index is 325. The molecule has 0 saturated carbocycles. The van der Waals surface area contributed by atoms with E-state index in [1.165, 1.54) is 0 Å². The first-order valence-electron chi connectivity index (χ1n) is 4.17. The van der Waals surface area contributed by atoms with Gasteiger partial charge in [0.15, 0.2) is 12.4 Å². The van der Waals surface area contributed by atoms with Crippen LogP contribution in [0.3, 0.4) is 0 Å². The molecule has 0 atom stereocenters. The van der Waals surface area contributed by atoms with Crippen LogP contribution in [0.25, 0.3) is 0 Å². The van der Waals surface area contributed by atoms with E-state index in [9.17, 15) is 18.0 Å². The molecule has 0 fully saturated rings. The molecule has 16 heavy (non-hydrogen) atoms. The Morgan fingerprint density at radius 3 is 2.81 bits per heavy atom. The molecule has 0 bridgehead atoms. The Balaban J connectivity index is 2.11. The summed E-state index contributed by atoms with van der Waals surface area (Å²) >= 11 is 0. The summed E-state index contributed by atoms with van der Waals surface area (Å²) in [6.45, 7) is -1.54. The minimum Gasteiger partial charge on any atom is -0.440 e. The highest BCUT2D eigenvalue weighted by molar-refractivity contribution is 5.67. The van der Waals surface area contributed by atoms with Crippen LogP contribution in [0.4, 0.5) is 18.0 Å². The van der Waals surface area contributed by atoms with Gasteiger partial charge < -0.3 is 10.1 Å². The summed E-state index contributed by atoms with van der Waals surface area (Å²) in [7, 11) is 0. The zero-order chi connectivity index (χ0) is 12.0. The highest BCUT2D eigenvalue weighted by Crippen LogP contribution is 2.14. The van der Waals surface area contributed by atoms with E-state index < -0.39 is 18.9 Å². The van der Waals surface area contributed by atoms with Crippen LogP contribution >= 0.6 is 0 Å². The molecule has 1 heterocycles. The highest BCUT2D eigenvalue weighted by atomic mass is 19.4. The van der Waals surface area contributed by atoms with E-state index in [0.717, 1.165) is 0 Å². The third-order valence-electron chi connectivity index (χ3n) is 1.37. The van der Waals surface area contributed by atoms with Crippen molar-refractivity contribution < 1.29 is 22.7 Å². The molecule has 0 aromatic carbocycles. The number of carbonyl (C=O) groups is 1. The summed E-state index contributed by atoms with van der Waals surface area (Å²) in [6, 6.07) is 0. The molecule has 0 radical (unpaired) electrons. The predicted molar refractivity (Wildman–Crippen MR) is 43.3 cm³/mol. The second-order valence-corrected chi connectivity index (χ2v) is 2.70. The van der Waals surface area contributed by atoms with Crippen LogP contribution in [-0.4, -0.2) is 46.0 Å². The maximum atomic E-state index is 11.6. The Kier molecular flexibility index (Phi) is 4.03. The van der Waals surface area contributed by atoms with Gasteiger partial charge >= 0.3 is 12.3 Å². The van der Waals surface area contributed by atoms with Crippen molar-refractivity contribution >= 4 is 6.09 Å². The lowest BCUT2D eigenvalue weighted by Crippen LogP contribution is -2.30. The van der Waals surface area contributed by atoms with Gasteiger partial charge in [0.2, 0.25) is 0 Å². The standard InChI is InChI=1S/C6H8F3N5O2/c7-6(8,9)3-16-5(15)10-2-1-4-11-13-14-12-4/h1-3H2,(H,10,15)(H,11,12,13,14). The molecule has 0 saturated heterocycles. The van der Waals surface area contributed by atoms with E-state index in [0.29, 0.717) is 5.82 Å². The number of amides is 1. The van der Waals surface area contributed by atoms with Gasteiger partial charge in [-0.2, -0.15) is 18.4 Å². The number of alkyl halides is 3. The van der Waals surface area contributed by atoms with Crippen LogP contribution in [0.15, 0.2) is 0 Å². The number of ether oxygens (including phenoxy) is 1. The summed E-state index contributed by atoms with van der Waals surface area (Å²) in [5.41, 5.74) is 0. The lowest BCUT2D eigenvalue weighted by Gasteiger charge is -2.08. The molecule has 1 aromatic rings. The minimum absolute atomic E-state index is 0.0657. The van der Waals surface area contributed by atoms with Gasteiger partial charge in [-0.15, -0.1) is 10.2 Å². The van der Waals surface area contributed by atoms with Crippen LogP contribution in [0, 0.1) is 0 Å². The maximum absolute atomic E-state index is 11.6. The van der Waals surface area contributed by atoms with Crippen LogP contribution in [0.2, 0.25) is 0 Å². The normalized spacial score (nSPS) is 11.2. The molecule has 0 spiro atoms. The van der Waals surface area contributed by atoms with Crippen molar-refractivity contribution in [1.29, 1.82) is 0 Å². The second-order valence-electron chi connectivity index (χ2n) is 2.70. The van der Waals surface area contributed by atoms with E-state index in [1.807, 2.05) is 0 Å². The summed E-state index contributed by atoms with van der Waals surface area (Å²) in [5.74, 6) is 0.344. The van der Waals surface area contributed by atoms with Crippen molar-refractivity contribution in [3.63, 3.8) is 0 Å². The van der Waals surface area contributed by atoms with E-state index in [2.05, 4.69) is 30.7 Å². The van der Waals surface area contributed by atoms with Crippen molar-refractivity contribution in [2.75, 3.05) is 13.2 Å². The van der Waals surface area contributed by atoms with E-state index in [1.54, 1.807) is 0 Å². The summed E-state index contributed by atoms with van der Waals surface area (Å²) in [4.78, 5) is 10.7. The topological polar surface area (TPSA) is 92.8 Å². The Morgan fingerprint density at radius 1 is 1.50 bits per heavy atom. The van der Waals surface area contributed by atoms with Crippen molar-refractivity contribution in [3.05, 3.63) is 5.82 Å². The van der Waals surface area contributed by atoms with Gasteiger partial charge in [0, 0.05) is 13.0 Å². The average Bonchev–Trinajstić information content (AvgIpc) is 2.66. The van der Waals surface area contributed by atoms with Gasteiger partial charge in [-0.25, -0.2) is 4.79 Å². The van der Waals surface area contributed by atoms with Crippen molar-refractivity contribution in [3.8, 4) is 0 Å². The molecule has 0 aliphatic carbocycles. The molecule has 10 heteroatoms. The second kappa shape index (κ2) is 5.28. The van der Waals surface area contributed by atoms with Crippen LogP contribution in [-0.2, 0) is 11.2 Å². The summed E-state index contributed by atoms with van der Waals surface area (Å²) in [5, 5.41) is 14.7. The smallest absolute Gasteiger partial charge is 0.422 e. The monoisotopic (exact) mass is 239 g/mol. The van der Waals surface area contributed by atoms with E-state index in [-0.39, 0.29) is 13.0 Å². The van der Waals surface area contributed by atoms with E-state index >= 15 is 0 Å². The molecular weight excluding hydrogens is 231 g/mol. The Hall–Kier alpha value is -1.87. The first-order chi connectivity index (χ1) is 7.47. The molecular formula is C6H8F3N5O2. The Labute approximate surface area is 87.4 Å². The molecule has 7 nitrogen and oxygen atoms in total. The fraction of sp³-hybridized carbons (Fsp3) is 0.667. The quantitative estimate of drug-likeness (QED) is 0.773. The fourth-order valence-electron chi connectivity index (χ4n) is 0.763. The number of halogens is 3. The number of hydrogen-bond acceptors (Lipinski definition) is 5. The number of rotatable bonds is 4. The fourth-order valence-corrected chi connectivity index (χ4v) is 0.763. The lowest BCUT2D eigenvalue weighted by atomic mass is 10.4. The number of carbonyl (C=O) groups excluding carboxylic acids is 1. The third-order valence-corrected chi connectivity index (χ3v) is 1.37. The SMILES string of the molecule is O=C(NCCc1nn[nH]n1)OCC(F)(F)F. The van der Waals surface area contributed by atoms with E-state index in [4.69, 9.17) is 0 Å². The maximum Gasteiger partial charge on any atom is 0.422 e. The Morgan fingerprint density at radius 2 is 2.25 bits per heavy atom. The number of aromatic nitrogens is 4. The van der Waals surface area contributed by atoms with Crippen molar-refractivity contribution in [2.24, 2.45) is 0 Å². The first-order valence-corrected chi connectivity index (χ1v) is 4.17. The van der Waals surface area contributed by atoms with Gasteiger partial charge in [-0.1, -0.05) is 5.21 Å². The molecule has 1 aromatic heterocycles. The predicted octanol–water partition coefficient (Wildman–Crippen LogP) is 0.0307. The molecule has 0 aliphatic rings. The third kappa shape index (κ3) is 5.12. The molecule has 1 amide bonds. The van der Waals surface area contributed by atoms with Crippen LogP contribution < -0.4 is 5.32 Å². The van der Waals surface area contributed by atoms with Gasteiger partial charge in [-0.05, 0) is 0 Å². The molecule has 0 unspecified atom stereocenters. The molecule has 90 valence electrons.